The van der Waals surface area contributed by atoms with Gasteiger partial charge in [-0.05, 0) is 55.0 Å². The molecule has 8 heteroatoms. The van der Waals surface area contributed by atoms with Gasteiger partial charge in [-0.1, -0.05) is 32.0 Å². The third-order valence-electron chi connectivity index (χ3n) is 6.21. The second kappa shape index (κ2) is 10.6. The molecule has 2 aromatic carbocycles. The maximum absolute atomic E-state index is 13.0. The highest BCUT2D eigenvalue weighted by molar-refractivity contribution is 5.98. The maximum Gasteiger partial charge on any atom is 0.253 e. The monoisotopic (exact) mass is 465 g/mol. The third-order valence-corrected chi connectivity index (χ3v) is 6.21. The van der Waals surface area contributed by atoms with Crippen molar-refractivity contribution in [3.05, 3.63) is 59.7 Å². The second-order valence-corrected chi connectivity index (χ2v) is 9.15. The van der Waals surface area contributed by atoms with Crippen LogP contribution in [0.4, 0.5) is 0 Å². The molecule has 3 amide bonds. The van der Waals surface area contributed by atoms with Gasteiger partial charge in [0.1, 0.15) is 6.04 Å². The van der Waals surface area contributed by atoms with Crippen LogP contribution < -0.4 is 20.1 Å². The number of piperidine rings is 1. The Labute approximate surface area is 199 Å². The highest BCUT2D eigenvalue weighted by Gasteiger charge is 2.34. The molecule has 0 aliphatic carbocycles. The zero-order valence-electron chi connectivity index (χ0n) is 19.6. The number of hydrogen-bond donors (Lipinski definition) is 2. The Morgan fingerprint density at radius 2 is 1.68 bits per heavy atom. The minimum atomic E-state index is -0.658. The van der Waals surface area contributed by atoms with E-state index in [4.69, 9.17) is 9.47 Å². The number of fused-ring (bicyclic) bond motifs is 1. The van der Waals surface area contributed by atoms with Crippen molar-refractivity contribution in [2.75, 3.05) is 26.4 Å². The molecule has 0 aromatic heterocycles. The van der Waals surface area contributed by atoms with Gasteiger partial charge in [-0.25, -0.2) is 0 Å². The number of likely N-dealkylation sites (tertiary alicyclic amines) is 1. The van der Waals surface area contributed by atoms with Gasteiger partial charge in [-0.3, -0.25) is 14.4 Å². The van der Waals surface area contributed by atoms with Crippen LogP contribution in [0.3, 0.4) is 0 Å². The Morgan fingerprint density at radius 3 is 2.38 bits per heavy atom. The van der Waals surface area contributed by atoms with Crippen LogP contribution >= 0.6 is 0 Å². The van der Waals surface area contributed by atoms with Crippen molar-refractivity contribution in [2.24, 2.45) is 11.8 Å². The number of amides is 3. The molecule has 4 rings (SSSR count). The van der Waals surface area contributed by atoms with E-state index in [-0.39, 0.29) is 30.4 Å². The molecule has 1 saturated heterocycles. The predicted octanol–water partition coefficient (Wildman–Crippen LogP) is 2.84. The van der Waals surface area contributed by atoms with Crippen LogP contribution in [0.2, 0.25) is 0 Å². The lowest BCUT2D eigenvalue weighted by Crippen LogP contribution is -2.54. The predicted molar refractivity (Wildman–Crippen MR) is 127 cm³/mol. The highest BCUT2D eigenvalue weighted by atomic mass is 16.7. The average molecular weight is 466 g/mol. The van der Waals surface area contributed by atoms with Gasteiger partial charge in [-0.15, -0.1) is 0 Å². The fourth-order valence-corrected chi connectivity index (χ4v) is 4.27. The van der Waals surface area contributed by atoms with Crippen molar-refractivity contribution in [1.82, 2.24) is 15.5 Å². The topological polar surface area (TPSA) is 97.0 Å². The van der Waals surface area contributed by atoms with Crippen molar-refractivity contribution in [2.45, 2.75) is 32.7 Å². The molecule has 2 aliphatic rings. The van der Waals surface area contributed by atoms with Crippen LogP contribution in [0.15, 0.2) is 48.5 Å². The fraction of sp³-hybridized carbons (Fsp3) is 0.423. The molecular weight excluding hydrogens is 434 g/mol. The number of benzene rings is 2. The van der Waals surface area contributed by atoms with Crippen LogP contribution in [0, 0.1) is 11.8 Å². The van der Waals surface area contributed by atoms with E-state index in [9.17, 15) is 14.4 Å². The molecule has 1 atom stereocenters. The molecule has 0 radical (unpaired) electrons. The van der Waals surface area contributed by atoms with Crippen molar-refractivity contribution in [3.8, 4) is 11.5 Å². The molecular formula is C26H31N3O5. The van der Waals surface area contributed by atoms with E-state index < -0.39 is 6.04 Å². The Morgan fingerprint density at radius 1 is 0.971 bits per heavy atom. The molecule has 2 aromatic rings. The molecule has 0 unspecified atom stereocenters. The first kappa shape index (κ1) is 23.6. The van der Waals surface area contributed by atoms with Gasteiger partial charge in [-0.2, -0.15) is 0 Å². The number of carbonyl (C=O) groups is 3. The molecule has 2 heterocycles. The second-order valence-electron chi connectivity index (χ2n) is 9.15. The summed E-state index contributed by atoms with van der Waals surface area (Å²) in [6.45, 7) is 5.77. The molecule has 0 spiro atoms. The number of ether oxygens (including phenoxy) is 2. The van der Waals surface area contributed by atoms with Crippen molar-refractivity contribution in [3.63, 3.8) is 0 Å². The number of rotatable bonds is 7. The van der Waals surface area contributed by atoms with Crippen LogP contribution in [0.1, 0.15) is 47.4 Å². The lowest BCUT2D eigenvalue weighted by atomic mass is 9.88. The van der Waals surface area contributed by atoms with Crippen molar-refractivity contribution in [1.29, 1.82) is 0 Å². The van der Waals surface area contributed by atoms with E-state index in [1.807, 2.05) is 19.9 Å². The minimum absolute atomic E-state index is 0.0689. The van der Waals surface area contributed by atoms with Gasteiger partial charge in [0.15, 0.2) is 11.5 Å². The summed E-state index contributed by atoms with van der Waals surface area (Å²) in [5, 5.41) is 5.91. The zero-order chi connectivity index (χ0) is 24.1. The van der Waals surface area contributed by atoms with E-state index in [2.05, 4.69) is 10.6 Å². The quantitative estimate of drug-likeness (QED) is 0.656. The summed E-state index contributed by atoms with van der Waals surface area (Å²) in [5.74, 6) is 0.913. The molecule has 180 valence electrons. The van der Waals surface area contributed by atoms with Gasteiger partial charge in [0, 0.05) is 30.8 Å². The first-order valence-electron chi connectivity index (χ1n) is 11.7. The summed E-state index contributed by atoms with van der Waals surface area (Å²) < 4.78 is 10.7. The SMILES string of the molecule is CC(C)CNC(=O)[C@@H](NC(=O)c1ccccc1)C1CCN(C(=O)c2ccc3c(c2)OCO3)CC1. The molecule has 2 N–H and O–H groups in total. The summed E-state index contributed by atoms with van der Waals surface area (Å²) in [7, 11) is 0. The van der Waals surface area contributed by atoms with Gasteiger partial charge >= 0.3 is 0 Å². The maximum atomic E-state index is 13.0. The standard InChI is InChI=1S/C26H31N3O5/c1-17(2)15-27-25(31)23(28-24(30)19-6-4-3-5-7-19)18-10-12-29(13-11-18)26(32)20-8-9-21-22(14-20)34-16-33-21/h3-9,14,17-18,23H,10-13,15-16H2,1-2H3,(H,27,31)(H,28,30)/t23-/m0/s1. The van der Waals surface area contributed by atoms with Crippen LogP contribution in [0.25, 0.3) is 0 Å². The molecule has 34 heavy (non-hydrogen) atoms. The summed E-state index contributed by atoms with van der Waals surface area (Å²) >= 11 is 0. The number of hydrogen-bond acceptors (Lipinski definition) is 5. The van der Waals surface area contributed by atoms with Crippen molar-refractivity contribution < 1.29 is 23.9 Å². The molecule has 2 aliphatic heterocycles. The van der Waals surface area contributed by atoms with Crippen LogP contribution in [-0.2, 0) is 4.79 Å². The summed E-state index contributed by atoms with van der Waals surface area (Å²) in [6.07, 6.45) is 1.23. The van der Waals surface area contributed by atoms with E-state index in [0.29, 0.717) is 61.0 Å². The third kappa shape index (κ3) is 5.50. The minimum Gasteiger partial charge on any atom is -0.454 e. The Kier molecular flexibility index (Phi) is 7.35. The van der Waals surface area contributed by atoms with Crippen LogP contribution in [-0.4, -0.2) is 55.1 Å². The first-order chi connectivity index (χ1) is 16.4. The Balaban J connectivity index is 1.41. The summed E-state index contributed by atoms with van der Waals surface area (Å²) in [6, 6.07) is 13.4. The highest BCUT2D eigenvalue weighted by Crippen LogP contribution is 2.33. The van der Waals surface area contributed by atoms with Gasteiger partial charge in [0.2, 0.25) is 12.7 Å². The Hall–Kier alpha value is -3.55. The molecule has 0 saturated carbocycles. The van der Waals surface area contributed by atoms with Gasteiger partial charge in [0.05, 0.1) is 0 Å². The first-order valence-corrected chi connectivity index (χ1v) is 11.7. The molecule has 8 nitrogen and oxygen atoms in total. The number of nitrogens with one attached hydrogen (secondary N) is 2. The molecule has 1 fully saturated rings. The van der Waals surface area contributed by atoms with E-state index in [1.54, 1.807) is 47.4 Å². The zero-order valence-corrected chi connectivity index (χ0v) is 19.6. The van der Waals surface area contributed by atoms with E-state index >= 15 is 0 Å². The lowest BCUT2D eigenvalue weighted by Gasteiger charge is -2.36. The summed E-state index contributed by atoms with van der Waals surface area (Å²) in [5.41, 5.74) is 1.06. The number of nitrogens with zero attached hydrogens (tertiary/aromatic N) is 1. The normalized spacial score (nSPS) is 16.3. The van der Waals surface area contributed by atoms with Gasteiger partial charge in [0.25, 0.3) is 11.8 Å². The molecule has 0 bridgehead atoms. The van der Waals surface area contributed by atoms with E-state index in [1.165, 1.54) is 0 Å². The Bertz CT molecular complexity index is 1030. The number of carbonyl (C=O) groups excluding carboxylic acids is 3. The fourth-order valence-electron chi connectivity index (χ4n) is 4.27. The van der Waals surface area contributed by atoms with Gasteiger partial charge < -0.3 is 25.0 Å². The van der Waals surface area contributed by atoms with E-state index in [0.717, 1.165) is 0 Å². The summed E-state index contributed by atoms with van der Waals surface area (Å²) in [4.78, 5) is 40.7. The average Bonchev–Trinajstić information content (AvgIpc) is 3.34. The van der Waals surface area contributed by atoms with Crippen LogP contribution in [0.5, 0.6) is 11.5 Å². The largest absolute Gasteiger partial charge is 0.454 e. The van der Waals surface area contributed by atoms with Crippen molar-refractivity contribution >= 4 is 17.7 Å². The lowest BCUT2D eigenvalue weighted by molar-refractivity contribution is -0.124. The smallest absolute Gasteiger partial charge is 0.253 e.